The summed E-state index contributed by atoms with van der Waals surface area (Å²) in [5.41, 5.74) is 0.527. The molecule has 1 aliphatic heterocycles. The summed E-state index contributed by atoms with van der Waals surface area (Å²) in [5, 5.41) is 0. The molecule has 0 unspecified atom stereocenters. The van der Waals surface area contributed by atoms with Crippen molar-refractivity contribution in [2.45, 2.75) is 6.92 Å². The van der Waals surface area contributed by atoms with Gasteiger partial charge in [-0.15, -0.1) is 0 Å². The van der Waals surface area contributed by atoms with Gasteiger partial charge in [-0.2, -0.15) is 0 Å². The van der Waals surface area contributed by atoms with Crippen LogP contribution in [0.4, 0.5) is 0 Å². The molecule has 0 spiro atoms. The molecule has 1 radical (unpaired) electrons. The van der Waals surface area contributed by atoms with E-state index in [1.165, 1.54) is 6.92 Å². The van der Waals surface area contributed by atoms with Gasteiger partial charge in [0.25, 0.3) is 0 Å². The Kier molecular flexibility index (Phi) is 2.40. The van der Waals surface area contributed by atoms with Crippen molar-refractivity contribution in [1.82, 2.24) is 0 Å². The second-order valence-corrected chi connectivity index (χ2v) is 5.91. The molecule has 0 atom stereocenters. The first-order valence-corrected chi connectivity index (χ1v) is 6.73. The molecule has 0 bridgehead atoms. The fourth-order valence-electron chi connectivity index (χ4n) is 1.06. The Labute approximate surface area is 88.7 Å². The van der Waals surface area contributed by atoms with Crippen molar-refractivity contribution >= 4 is 11.9 Å². The maximum atomic E-state index is 11.3. The zero-order valence-corrected chi connectivity index (χ0v) is 9.48. The van der Waals surface area contributed by atoms with Crippen LogP contribution in [0.2, 0.25) is 0 Å². The van der Waals surface area contributed by atoms with E-state index < -0.39 is 26.6 Å². The number of halogens is 1. The molecule has 1 heterocycles. The Morgan fingerprint density at radius 2 is 2.14 bits per heavy atom. The fourth-order valence-corrected chi connectivity index (χ4v) is 4.17. The molecule has 14 heavy (non-hydrogen) atoms. The van der Waals surface area contributed by atoms with E-state index in [2.05, 4.69) is 0 Å². The van der Waals surface area contributed by atoms with Crippen LogP contribution in [0.5, 0.6) is 0 Å². The van der Waals surface area contributed by atoms with Crippen LogP contribution in [0.1, 0.15) is 17.3 Å². The average Bonchev–Trinajstić information content (AvgIpc) is 2.44. The van der Waals surface area contributed by atoms with Gasteiger partial charge in [-0.05, 0) is 0 Å². The summed E-state index contributed by atoms with van der Waals surface area (Å²) < 4.78 is 10.8. The summed E-state index contributed by atoms with van der Waals surface area (Å²) in [4.78, 5) is 22.0. The first kappa shape index (κ1) is 9.45. The zero-order valence-electron chi connectivity index (χ0n) is 7.32. The summed E-state index contributed by atoms with van der Waals surface area (Å²) in [7, 11) is 0. The zero-order chi connectivity index (χ0) is 10.1. The molecule has 0 fully saturated rings. The summed E-state index contributed by atoms with van der Waals surface area (Å²) in [6.07, 6.45) is 0. The molecule has 0 N–H and O–H groups in total. The van der Waals surface area contributed by atoms with Crippen molar-refractivity contribution in [3.05, 3.63) is 33.4 Å². The third-order valence-corrected chi connectivity index (χ3v) is 5.29. The number of hydrogen-bond donors (Lipinski definition) is 0. The monoisotopic (exact) mass is 306 g/mol. The van der Waals surface area contributed by atoms with Crippen molar-refractivity contribution in [1.29, 1.82) is 0 Å². The predicted molar refractivity (Wildman–Crippen MR) is 42.3 cm³/mol. The predicted octanol–water partition coefficient (Wildman–Crippen LogP) is -1.96. The molecule has 4 nitrogen and oxygen atoms in total. The molecule has 0 saturated heterocycles. The van der Waals surface area contributed by atoms with E-state index in [-0.39, 0.29) is 5.97 Å². The Morgan fingerprint density at radius 3 is 2.86 bits per heavy atom. The molecule has 2 rings (SSSR count). The topological polar surface area (TPSA) is 52.6 Å². The molecule has 1 aromatic carbocycles. The van der Waals surface area contributed by atoms with Crippen LogP contribution in [-0.2, 0) is 10.9 Å². The molecule has 0 aliphatic carbocycles. The van der Waals surface area contributed by atoms with Crippen LogP contribution in [0.15, 0.2) is 24.3 Å². The summed E-state index contributed by atoms with van der Waals surface area (Å²) in [6, 6.07) is 7.01. The van der Waals surface area contributed by atoms with Gasteiger partial charge in [0.2, 0.25) is 0 Å². The van der Waals surface area contributed by atoms with Gasteiger partial charge < -0.3 is 0 Å². The second kappa shape index (κ2) is 3.56. The number of hydrogen-bond acceptors (Lipinski definition) is 4. The van der Waals surface area contributed by atoms with Gasteiger partial charge in [-0.3, -0.25) is 0 Å². The SMILES string of the molecule is CC(=O)O[I-]1OC(=O)c2ccccc21. The van der Waals surface area contributed by atoms with Gasteiger partial charge in [0, 0.05) is 0 Å². The Morgan fingerprint density at radius 1 is 1.43 bits per heavy atom. The molecule has 0 saturated carbocycles. The Hall–Kier alpha value is -1.11. The maximum absolute atomic E-state index is 11.3. The number of rotatable bonds is 1. The molecule has 0 aromatic heterocycles. The van der Waals surface area contributed by atoms with Crippen LogP contribution in [0.3, 0.4) is 0 Å². The number of carbonyl (C=O) groups excluding carboxylic acids is 2. The van der Waals surface area contributed by atoms with E-state index >= 15 is 0 Å². The molecule has 0 amide bonds. The Bertz CT molecular complexity index is 400. The first-order chi connectivity index (χ1) is 6.68. The van der Waals surface area contributed by atoms with E-state index in [1.54, 1.807) is 24.3 Å². The molecular weight excluding hydrogens is 299 g/mol. The molecule has 75 valence electrons. The fraction of sp³-hybridized carbons (Fsp3) is 0.111. The van der Waals surface area contributed by atoms with Gasteiger partial charge in [-0.25, -0.2) is 0 Å². The summed E-state index contributed by atoms with van der Waals surface area (Å²) in [5.74, 6) is -0.785. The van der Waals surface area contributed by atoms with E-state index in [1.807, 2.05) is 0 Å². The van der Waals surface area contributed by atoms with Gasteiger partial charge in [-0.1, -0.05) is 0 Å². The minimum atomic E-state index is -2.47. The quantitative estimate of drug-likeness (QED) is 0.566. The normalized spacial score (nSPS) is 16.1. The third kappa shape index (κ3) is 1.59. The summed E-state index contributed by atoms with van der Waals surface area (Å²) in [6.45, 7) is 1.31. The van der Waals surface area contributed by atoms with E-state index in [9.17, 15) is 9.59 Å². The van der Waals surface area contributed by atoms with Crippen molar-refractivity contribution in [2.75, 3.05) is 0 Å². The van der Waals surface area contributed by atoms with Crippen LogP contribution >= 0.6 is 0 Å². The van der Waals surface area contributed by atoms with Crippen molar-refractivity contribution < 1.29 is 36.4 Å². The van der Waals surface area contributed by atoms with Crippen molar-refractivity contribution in [3.63, 3.8) is 0 Å². The van der Waals surface area contributed by atoms with Crippen LogP contribution in [0, 0.1) is 3.57 Å². The van der Waals surface area contributed by atoms with Crippen molar-refractivity contribution in [2.24, 2.45) is 0 Å². The standard InChI is InChI=1S/C9H7IO4/c1-6(11)13-10-8-5-3-2-4-7(8)9(12)14-10/h2-5H,1H3/q-1. The van der Waals surface area contributed by atoms with Gasteiger partial charge in [0.1, 0.15) is 0 Å². The molecule has 1 aromatic rings. The molecule has 1 aliphatic rings. The number of benzene rings is 1. The average molecular weight is 306 g/mol. The van der Waals surface area contributed by atoms with E-state index in [0.717, 1.165) is 3.57 Å². The number of carbonyl (C=O) groups is 2. The van der Waals surface area contributed by atoms with Crippen molar-refractivity contribution in [3.8, 4) is 0 Å². The van der Waals surface area contributed by atoms with Crippen LogP contribution < -0.4 is 20.6 Å². The van der Waals surface area contributed by atoms with Gasteiger partial charge >= 0.3 is 88.6 Å². The van der Waals surface area contributed by atoms with Gasteiger partial charge in [0.15, 0.2) is 0 Å². The summed E-state index contributed by atoms with van der Waals surface area (Å²) >= 11 is -2.47. The Balaban J connectivity index is 2.34. The molecular formula is C9H7IO4-. The first-order valence-electron chi connectivity index (χ1n) is 3.89. The molecule has 5 heteroatoms. The second-order valence-electron chi connectivity index (χ2n) is 2.63. The number of fused-ring (bicyclic) bond motifs is 1. The van der Waals surface area contributed by atoms with Gasteiger partial charge in [0.05, 0.1) is 0 Å². The third-order valence-electron chi connectivity index (χ3n) is 1.58. The minimum absolute atomic E-state index is 0.382. The van der Waals surface area contributed by atoms with Crippen LogP contribution in [-0.4, -0.2) is 11.9 Å². The van der Waals surface area contributed by atoms with E-state index in [4.69, 9.17) is 6.13 Å². The van der Waals surface area contributed by atoms with E-state index in [0.29, 0.717) is 5.56 Å². The van der Waals surface area contributed by atoms with Crippen LogP contribution in [0.25, 0.3) is 0 Å².